The molecule has 3 aromatic heterocycles. The van der Waals surface area contributed by atoms with Gasteiger partial charge in [0.2, 0.25) is 5.13 Å². The first-order valence-corrected chi connectivity index (χ1v) is 9.77. The summed E-state index contributed by atoms with van der Waals surface area (Å²) >= 11 is 1.23. The van der Waals surface area contributed by atoms with Crippen LogP contribution in [0.4, 0.5) is 10.8 Å². The minimum absolute atomic E-state index is 0.211. The third kappa shape index (κ3) is 3.82. The lowest BCUT2D eigenvalue weighted by atomic mass is 10.1. The molecule has 0 radical (unpaired) electrons. The molecular weight excluding hydrogens is 392 g/mol. The Labute approximate surface area is 169 Å². The van der Waals surface area contributed by atoms with Crippen LogP contribution in [0.1, 0.15) is 18.2 Å². The monoisotopic (exact) mass is 410 g/mol. The number of hydrogen-bond donors (Lipinski definition) is 2. The number of aliphatic hydroxyl groups is 1. The van der Waals surface area contributed by atoms with Gasteiger partial charge < -0.3 is 19.6 Å². The number of aryl methyl sites for hydroxylation is 1. The van der Waals surface area contributed by atoms with E-state index in [4.69, 9.17) is 9.15 Å². The van der Waals surface area contributed by atoms with E-state index >= 15 is 0 Å². The SMILES string of the molecule is CCOc1ccc(Nc2nnc(-c3cc4c(CO)cnc(C)c4oc3=O)s2)cc1. The Bertz CT molecular complexity index is 1220. The van der Waals surface area contributed by atoms with Crippen molar-refractivity contribution in [1.29, 1.82) is 0 Å². The molecule has 0 amide bonds. The molecule has 1 aromatic carbocycles. The normalized spacial score (nSPS) is 11.0. The molecule has 0 saturated heterocycles. The number of fused-ring (bicyclic) bond motifs is 1. The van der Waals surface area contributed by atoms with Crippen molar-refractivity contribution in [3.05, 3.63) is 58.2 Å². The lowest BCUT2D eigenvalue weighted by Gasteiger charge is -2.06. The number of benzene rings is 1. The van der Waals surface area contributed by atoms with Crippen molar-refractivity contribution >= 4 is 33.1 Å². The third-order valence-corrected chi connectivity index (χ3v) is 5.15. The van der Waals surface area contributed by atoms with Crippen LogP contribution in [0, 0.1) is 6.92 Å². The van der Waals surface area contributed by atoms with Crippen LogP contribution in [0.2, 0.25) is 0 Å². The summed E-state index contributed by atoms with van der Waals surface area (Å²) in [5.74, 6) is 0.786. The Morgan fingerprint density at radius 1 is 1.24 bits per heavy atom. The quantitative estimate of drug-likeness (QED) is 0.496. The van der Waals surface area contributed by atoms with E-state index in [-0.39, 0.29) is 12.2 Å². The van der Waals surface area contributed by atoms with Crippen LogP contribution in [0.3, 0.4) is 0 Å². The van der Waals surface area contributed by atoms with Crippen LogP contribution in [0.15, 0.2) is 45.7 Å². The molecule has 29 heavy (non-hydrogen) atoms. The molecule has 0 aliphatic rings. The van der Waals surface area contributed by atoms with Gasteiger partial charge in [-0.3, -0.25) is 4.98 Å². The van der Waals surface area contributed by atoms with Gasteiger partial charge in [-0.25, -0.2) is 4.79 Å². The number of aliphatic hydroxyl groups excluding tert-OH is 1. The van der Waals surface area contributed by atoms with Gasteiger partial charge in [0.05, 0.1) is 24.5 Å². The van der Waals surface area contributed by atoms with E-state index < -0.39 is 5.63 Å². The van der Waals surface area contributed by atoms with Crippen molar-refractivity contribution in [2.24, 2.45) is 0 Å². The standard InChI is InChI=1S/C20H18N4O4S/c1-3-27-14-6-4-13(5-7-14)22-20-24-23-18(29-20)16-8-15-12(10-25)9-21-11(2)17(15)28-19(16)26/h4-9,25H,3,10H2,1-2H3,(H,22,24). The summed E-state index contributed by atoms with van der Waals surface area (Å²) in [6.45, 7) is 4.07. The second kappa shape index (κ2) is 7.98. The molecule has 148 valence electrons. The van der Waals surface area contributed by atoms with Crippen LogP contribution in [-0.4, -0.2) is 26.9 Å². The number of nitrogens with zero attached hydrogens (tertiary/aromatic N) is 3. The summed E-state index contributed by atoms with van der Waals surface area (Å²) in [6.07, 6.45) is 1.57. The van der Waals surface area contributed by atoms with Crippen LogP contribution in [0.5, 0.6) is 5.75 Å². The van der Waals surface area contributed by atoms with E-state index in [1.54, 1.807) is 19.2 Å². The molecule has 3 heterocycles. The van der Waals surface area contributed by atoms with Crippen molar-refractivity contribution in [1.82, 2.24) is 15.2 Å². The highest BCUT2D eigenvalue weighted by molar-refractivity contribution is 7.18. The molecule has 9 heteroatoms. The van der Waals surface area contributed by atoms with Crippen molar-refractivity contribution in [3.8, 4) is 16.3 Å². The van der Waals surface area contributed by atoms with E-state index in [0.29, 0.717) is 39.0 Å². The van der Waals surface area contributed by atoms with E-state index in [9.17, 15) is 9.90 Å². The van der Waals surface area contributed by atoms with Gasteiger partial charge in [-0.2, -0.15) is 0 Å². The van der Waals surface area contributed by atoms with Gasteiger partial charge in [-0.15, -0.1) is 10.2 Å². The maximum atomic E-state index is 12.5. The minimum atomic E-state index is -0.527. The molecule has 0 atom stereocenters. The molecule has 0 saturated carbocycles. The fourth-order valence-electron chi connectivity index (χ4n) is 2.86. The zero-order valence-electron chi connectivity index (χ0n) is 15.8. The predicted molar refractivity (Wildman–Crippen MR) is 111 cm³/mol. The van der Waals surface area contributed by atoms with Crippen molar-refractivity contribution in [2.45, 2.75) is 20.5 Å². The average molecular weight is 410 g/mol. The Hall–Kier alpha value is -3.30. The number of pyridine rings is 1. The number of ether oxygens (including phenoxy) is 1. The average Bonchev–Trinajstić information content (AvgIpc) is 3.18. The zero-order valence-corrected chi connectivity index (χ0v) is 16.6. The summed E-state index contributed by atoms with van der Waals surface area (Å²) in [7, 11) is 0. The second-order valence-corrected chi connectivity index (χ2v) is 7.19. The highest BCUT2D eigenvalue weighted by Crippen LogP contribution is 2.30. The largest absolute Gasteiger partial charge is 0.494 e. The maximum absolute atomic E-state index is 12.5. The number of hydrogen-bond acceptors (Lipinski definition) is 9. The fraction of sp³-hybridized carbons (Fsp3) is 0.200. The van der Waals surface area contributed by atoms with Crippen LogP contribution < -0.4 is 15.7 Å². The molecule has 0 aliphatic heterocycles. The second-order valence-electron chi connectivity index (χ2n) is 6.21. The summed E-state index contributed by atoms with van der Waals surface area (Å²) in [5, 5.41) is 22.6. The third-order valence-electron chi connectivity index (χ3n) is 4.28. The Balaban J connectivity index is 1.66. The molecule has 0 fully saturated rings. The van der Waals surface area contributed by atoms with Gasteiger partial charge in [-0.1, -0.05) is 11.3 Å². The maximum Gasteiger partial charge on any atom is 0.346 e. The lowest BCUT2D eigenvalue weighted by molar-refractivity contribution is 0.282. The smallest absolute Gasteiger partial charge is 0.346 e. The highest BCUT2D eigenvalue weighted by Gasteiger charge is 2.16. The first kappa shape index (κ1) is 19.0. The van der Waals surface area contributed by atoms with E-state index in [1.807, 2.05) is 31.2 Å². The molecule has 4 rings (SSSR count). The van der Waals surface area contributed by atoms with Gasteiger partial charge in [0.1, 0.15) is 5.75 Å². The molecule has 0 bridgehead atoms. The molecule has 8 nitrogen and oxygen atoms in total. The first-order chi connectivity index (χ1) is 14.1. The number of nitrogens with one attached hydrogen (secondary N) is 1. The molecule has 0 unspecified atom stereocenters. The lowest BCUT2D eigenvalue weighted by Crippen LogP contribution is -2.05. The first-order valence-electron chi connectivity index (χ1n) is 8.96. The van der Waals surface area contributed by atoms with Crippen molar-refractivity contribution < 1.29 is 14.3 Å². The summed E-state index contributed by atoms with van der Waals surface area (Å²) in [4.78, 5) is 16.7. The van der Waals surface area contributed by atoms with E-state index in [2.05, 4.69) is 20.5 Å². The number of rotatable bonds is 6. The van der Waals surface area contributed by atoms with Gasteiger partial charge in [0.15, 0.2) is 10.6 Å². The number of aromatic nitrogens is 3. The molecule has 2 N–H and O–H groups in total. The van der Waals surface area contributed by atoms with Gasteiger partial charge in [-0.05, 0) is 44.2 Å². The van der Waals surface area contributed by atoms with Gasteiger partial charge in [0.25, 0.3) is 0 Å². The molecule has 4 aromatic rings. The predicted octanol–water partition coefficient (Wildman–Crippen LogP) is 3.65. The van der Waals surface area contributed by atoms with Crippen molar-refractivity contribution in [2.75, 3.05) is 11.9 Å². The Morgan fingerprint density at radius 2 is 2.03 bits per heavy atom. The topological polar surface area (TPSA) is 110 Å². The van der Waals surface area contributed by atoms with E-state index in [0.717, 1.165) is 11.4 Å². The fourth-order valence-corrected chi connectivity index (χ4v) is 3.63. The summed E-state index contributed by atoms with van der Waals surface area (Å²) < 4.78 is 10.9. The number of anilines is 2. The Morgan fingerprint density at radius 3 is 2.76 bits per heavy atom. The van der Waals surface area contributed by atoms with Crippen LogP contribution >= 0.6 is 11.3 Å². The van der Waals surface area contributed by atoms with Crippen LogP contribution in [-0.2, 0) is 6.61 Å². The molecule has 0 spiro atoms. The minimum Gasteiger partial charge on any atom is -0.494 e. The summed E-state index contributed by atoms with van der Waals surface area (Å²) in [6, 6.07) is 9.14. The molecule has 0 aliphatic carbocycles. The zero-order chi connectivity index (χ0) is 20.4. The van der Waals surface area contributed by atoms with Gasteiger partial charge >= 0.3 is 5.63 Å². The molecular formula is C20H18N4O4S. The Kier molecular flexibility index (Phi) is 5.24. The highest BCUT2D eigenvalue weighted by atomic mass is 32.1. The van der Waals surface area contributed by atoms with Gasteiger partial charge in [0, 0.05) is 22.8 Å². The van der Waals surface area contributed by atoms with Crippen LogP contribution in [0.25, 0.3) is 21.5 Å². The van der Waals surface area contributed by atoms with E-state index in [1.165, 1.54) is 11.3 Å². The van der Waals surface area contributed by atoms with Crippen molar-refractivity contribution in [3.63, 3.8) is 0 Å². The summed E-state index contributed by atoms with van der Waals surface area (Å²) in [5.41, 5.74) is 2.11.